The number of piperazine rings is 1. The molecule has 0 unspecified atom stereocenters. The maximum absolute atomic E-state index is 11.3. The molecule has 0 radical (unpaired) electrons. The minimum atomic E-state index is -0.208. The van der Waals surface area contributed by atoms with Gasteiger partial charge in [-0.25, -0.2) is 0 Å². The third-order valence-corrected chi connectivity index (χ3v) is 5.55. The monoisotopic (exact) mass is 412 g/mol. The SMILES string of the molecule is C#CCNc1nc(NCCNC(=O)C=C)nc(N2CCN(C3CCCCC3)CC2)n1. The predicted molar refractivity (Wildman–Crippen MR) is 120 cm³/mol. The number of terminal acetylenes is 1. The molecular formula is C21H32N8O. The third kappa shape index (κ3) is 6.32. The fourth-order valence-corrected chi connectivity index (χ4v) is 3.96. The molecule has 1 aliphatic carbocycles. The van der Waals surface area contributed by atoms with E-state index in [0.717, 1.165) is 32.2 Å². The number of nitrogens with zero attached hydrogens (tertiary/aromatic N) is 5. The lowest BCUT2D eigenvalue weighted by molar-refractivity contribution is -0.116. The van der Waals surface area contributed by atoms with Crippen LogP contribution >= 0.6 is 0 Å². The van der Waals surface area contributed by atoms with Crippen LogP contribution in [0, 0.1) is 12.3 Å². The van der Waals surface area contributed by atoms with E-state index < -0.39 is 0 Å². The van der Waals surface area contributed by atoms with Gasteiger partial charge in [-0.15, -0.1) is 6.42 Å². The molecule has 2 fully saturated rings. The molecule has 0 atom stereocenters. The van der Waals surface area contributed by atoms with Crippen LogP contribution in [0.5, 0.6) is 0 Å². The quantitative estimate of drug-likeness (QED) is 0.315. The summed E-state index contributed by atoms with van der Waals surface area (Å²) in [4.78, 5) is 29.6. The zero-order chi connectivity index (χ0) is 21.2. The smallest absolute Gasteiger partial charge is 0.243 e. The molecule has 9 nitrogen and oxygen atoms in total. The van der Waals surface area contributed by atoms with E-state index in [4.69, 9.17) is 6.42 Å². The molecule has 1 aromatic rings. The van der Waals surface area contributed by atoms with Crippen molar-refractivity contribution < 1.29 is 4.79 Å². The van der Waals surface area contributed by atoms with Gasteiger partial charge in [0.1, 0.15) is 0 Å². The summed E-state index contributed by atoms with van der Waals surface area (Å²) < 4.78 is 0. The number of carbonyl (C=O) groups excluding carboxylic acids is 1. The number of aromatic nitrogens is 3. The third-order valence-electron chi connectivity index (χ3n) is 5.55. The molecule has 0 spiro atoms. The number of anilines is 3. The first kappa shape index (κ1) is 21.8. The predicted octanol–water partition coefficient (Wildman–Crippen LogP) is 1.09. The van der Waals surface area contributed by atoms with Crippen molar-refractivity contribution in [3.63, 3.8) is 0 Å². The molecule has 1 saturated carbocycles. The Kier molecular flexibility index (Phi) is 8.27. The Morgan fingerprint density at radius 2 is 1.77 bits per heavy atom. The number of nitrogens with one attached hydrogen (secondary N) is 3. The number of rotatable bonds is 9. The Morgan fingerprint density at radius 3 is 2.43 bits per heavy atom. The van der Waals surface area contributed by atoms with Gasteiger partial charge in [0.25, 0.3) is 0 Å². The van der Waals surface area contributed by atoms with Gasteiger partial charge in [-0.05, 0) is 18.9 Å². The van der Waals surface area contributed by atoms with Crippen LogP contribution in [0.2, 0.25) is 0 Å². The highest BCUT2D eigenvalue weighted by Crippen LogP contribution is 2.24. The molecule has 30 heavy (non-hydrogen) atoms. The van der Waals surface area contributed by atoms with Gasteiger partial charge in [-0.1, -0.05) is 31.8 Å². The molecule has 1 amide bonds. The summed E-state index contributed by atoms with van der Waals surface area (Å²) in [6, 6.07) is 0.732. The second-order valence-electron chi connectivity index (χ2n) is 7.58. The highest BCUT2D eigenvalue weighted by Gasteiger charge is 2.26. The Labute approximate surface area is 178 Å². The minimum absolute atomic E-state index is 0.208. The standard InChI is InChI=1S/C21H32N8O/c1-3-10-23-19-25-20(24-12-11-22-18(30)4-2)27-21(26-19)29-15-13-28(14-16-29)17-8-6-5-7-9-17/h1,4,17H,2,5-16H2,(H,22,30)(H2,23,24,25,26,27). The number of hydrogen-bond acceptors (Lipinski definition) is 8. The average molecular weight is 413 g/mol. The Hall–Kier alpha value is -2.86. The van der Waals surface area contributed by atoms with E-state index in [2.05, 4.69) is 53.2 Å². The second-order valence-corrected chi connectivity index (χ2v) is 7.58. The Bertz CT molecular complexity index is 748. The van der Waals surface area contributed by atoms with Crippen molar-refractivity contribution in [1.82, 2.24) is 25.2 Å². The van der Waals surface area contributed by atoms with Crippen LogP contribution < -0.4 is 20.9 Å². The summed E-state index contributed by atoms with van der Waals surface area (Å²) in [7, 11) is 0. The van der Waals surface area contributed by atoms with Gasteiger partial charge >= 0.3 is 0 Å². The van der Waals surface area contributed by atoms with Crippen LogP contribution in [0.4, 0.5) is 17.8 Å². The molecule has 1 saturated heterocycles. The summed E-state index contributed by atoms with van der Waals surface area (Å²) in [5, 5.41) is 8.89. The highest BCUT2D eigenvalue weighted by atomic mass is 16.1. The van der Waals surface area contributed by atoms with Crippen molar-refractivity contribution in [2.24, 2.45) is 0 Å². The summed E-state index contributed by atoms with van der Waals surface area (Å²) in [5.74, 6) is 3.88. The topological polar surface area (TPSA) is 98.3 Å². The van der Waals surface area contributed by atoms with Crippen LogP contribution in [-0.2, 0) is 4.79 Å². The molecule has 3 rings (SSSR count). The summed E-state index contributed by atoms with van der Waals surface area (Å²) in [5.41, 5.74) is 0. The normalized spacial score (nSPS) is 17.8. The second kappa shape index (κ2) is 11.4. The van der Waals surface area contributed by atoms with E-state index in [9.17, 15) is 4.79 Å². The lowest BCUT2D eigenvalue weighted by atomic mass is 9.94. The van der Waals surface area contributed by atoms with Gasteiger partial charge in [0.15, 0.2) is 0 Å². The van der Waals surface area contributed by atoms with E-state index >= 15 is 0 Å². The van der Waals surface area contributed by atoms with Crippen LogP contribution in [0.15, 0.2) is 12.7 Å². The first-order chi connectivity index (χ1) is 14.7. The molecule has 0 aromatic carbocycles. The molecule has 162 valence electrons. The van der Waals surface area contributed by atoms with Gasteiger partial charge in [-0.3, -0.25) is 9.69 Å². The lowest BCUT2D eigenvalue weighted by Gasteiger charge is -2.40. The first-order valence-electron chi connectivity index (χ1n) is 10.8. The van der Waals surface area contributed by atoms with Gasteiger partial charge in [-0.2, -0.15) is 15.0 Å². The summed E-state index contributed by atoms with van der Waals surface area (Å²) >= 11 is 0. The number of hydrogen-bond donors (Lipinski definition) is 3. The maximum Gasteiger partial charge on any atom is 0.243 e. The lowest BCUT2D eigenvalue weighted by Crippen LogP contribution is -2.51. The molecule has 2 aliphatic rings. The first-order valence-corrected chi connectivity index (χ1v) is 10.8. The van der Waals surface area contributed by atoms with E-state index in [-0.39, 0.29) is 5.91 Å². The van der Waals surface area contributed by atoms with Crippen molar-refractivity contribution in [1.29, 1.82) is 0 Å². The van der Waals surface area contributed by atoms with Crippen LogP contribution in [-0.4, -0.2) is 77.6 Å². The highest BCUT2D eigenvalue weighted by molar-refractivity contribution is 5.86. The average Bonchev–Trinajstić information content (AvgIpc) is 2.81. The van der Waals surface area contributed by atoms with Crippen LogP contribution in [0.3, 0.4) is 0 Å². The van der Waals surface area contributed by atoms with Gasteiger partial charge < -0.3 is 20.9 Å². The van der Waals surface area contributed by atoms with E-state index in [1.54, 1.807) is 0 Å². The maximum atomic E-state index is 11.3. The fraction of sp³-hybridized carbons (Fsp3) is 0.619. The van der Waals surface area contributed by atoms with E-state index in [1.807, 2.05) is 0 Å². The largest absolute Gasteiger partial charge is 0.352 e. The number of amides is 1. The number of carbonyl (C=O) groups is 1. The van der Waals surface area contributed by atoms with Crippen molar-refractivity contribution in [2.75, 3.05) is 61.3 Å². The van der Waals surface area contributed by atoms with E-state index in [0.29, 0.717) is 37.5 Å². The molecule has 9 heteroatoms. The minimum Gasteiger partial charge on any atom is -0.352 e. The Balaban J connectivity index is 1.60. The molecule has 2 heterocycles. The fourth-order valence-electron chi connectivity index (χ4n) is 3.96. The van der Waals surface area contributed by atoms with Crippen molar-refractivity contribution in [2.45, 2.75) is 38.1 Å². The molecule has 1 aliphatic heterocycles. The zero-order valence-corrected chi connectivity index (χ0v) is 17.6. The van der Waals surface area contributed by atoms with Crippen molar-refractivity contribution in [3.05, 3.63) is 12.7 Å². The van der Waals surface area contributed by atoms with Crippen molar-refractivity contribution >= 4 is 23.8 Å². The molecule has 0 bridgehead atoms. The molecule has 3 N–H and O–H groups in total. The summed E-state index contributed by atoms with van der Waals surface area (Å²) in [6.45, 7) is 8.56. The van der Waals surface area contributed by atoms with Gasteiger partial charge in [0.05, 0.1) is 6.54 Å². The Morgan fingerprint density at radius 1 is 1.07 bits per heavy atom. The van der Waals surface area contributed by atoms with Crippen molar-refractivity contribution in [3.8, 4) is 12.3 Å². The zero-order valence-electron chi connectivity index (χ0n) is 17.6. The molecule has 1 aromatic heterocycles. The van der Waals surface area contributed by atoms with Gasteiger partial charge in [0.2, 0.25) is 23.8 Å². The van der Waals surface area contributed by atoms with Crippen LogP contribution in [0.25, 0.3) is 0 Å². The van der Waals surface area contributed by atoms with E-state index in [1.165, 1.54) is 38.2 Å². The van der Waals surface area contributed by atoms with Crippen LogP contribution in [0.1, 0.15) is 32.1 Å². The summed E-state index contributed by atoms with van der Waals surface area (Å²) in [6.07, 6.45) is 13.3. The molecular weight excluding hydrogens is 380 g/mol. The van der Waals surface area contributed by atoms with Gasteiger partial charge in [0, 0.05) is 45.3 Å².